The Labute approximate surface area is 154 Å². The van der Waals surface area contributed by atoms with Crippen molar-refractivity contribution in [1.29, 1.82) is 0 Å². The second-order valence-electron chi connectivity index (χ2n) is 5.31. The fraction of sp³-hybridized carbons (Fsp3) is 0.111. The van der Waals surface area contributed by atoms with E-state index in [2.05, 4.69) is 10.3 Å². The number of aryl methyl sites for hydroxylation is 2. The molecule has 0 bridgehead atoms. The number of thiazole rings is 1. The Morgan fingerprint density at radius 3 is 2.46 bits per heavy atom. The van der Waals surface area contributed by atoms with Gasteiger partial charge in [0.1, 0.15) is 4.88 Å². The van der Waals surface area contributed by atoms with E-state index in [1.807, 2.05) is 50.2 Å². The number of nitrogens with one attached hydrogen (secondary N) is 1. The molecule has 0 aliphatic carbocycles. The second-order valence-corrected chi connectivity index (χ2v) is 7.33. The predicted molar refractivity (Wildman–Crippen MR) is 101 cm³/mol. The molecular formula is C18H14Cl2N2OS. The van der Waals surface area contributed by atoms with Crippen molar-refractivity contribution in [1.82, 2.24) is 4.98 Å². The molecule has 2 aromatic carbocycles. The third-order valence-corrected chi connectivity index (χ3v) is 5.29. The molecule has 0 atom stereocenters. The van der Waals surface area contributed by atoms with Crippen LogP contribution in [0.5, 0.6) is 0 Å². The number of aromatic nitrogens is 1. The standard InChI is InChI=1S/C18H14Cl2N2OS/c1-10-17(24-11(2)21-10)18(23)22-14-5-3-4-12(8-14)13-6-7-15(19)16(20)9-13/h3-9H,1-2H3,(H,22,23). The maximum atomic E-state index is 12.4. The van der Waals surface area contributed by atoms with Gasteiger partial charge in [0.05, 0.1) is 20.7 Å². The summed E-state index contributed by atoms with van der Waals surface area (Å²) in [7, 11) is 0. The van der Waals surface area contributed by atoms with Gasteiger partial charge in [0.2, 0.25) is 0 Å². The van der Waals surface area contributed by atoms with Crippen LogP contribution in [-0.2, 0) is 0 Å². The van der Waals surface area contributed by atoms with Crippen molar-refractivity contribution in [3.63, 3.8) is 0 Å². The van der Waals surface area contributed by atoms with Gasteiger partial charge in [-0.2, -0.15) is 0 Å². The average Bonchev–Trinajstić information content (AvgIpc) is 2.89. The van der Waals surface area contributed by atoms with E-state index >= 15 is 0 Å². The molecule has 0 radical (unpaired) electrons. The fourth-order valence-electron chi connectivity index (χ4n) is 2.38. The van der Waals surface area contributed by atoms with Crippen LogP contribution in [0.15, 0.2) is 42.5 Å². The molecule has 0 unspecified atom stereocenters. The number of amides is 1. The van der Waals surface area contributed by atoms with E-state index in [1.54, 1.807) is 6.07 Å². The molecule has 0 spiro atoms. The van der Waals surface area contributed by atoms with Crippen molar-refractivity contribution in [2.75, 3.05) is 5.32 Å². The maximum absolute atomic E-state index is 12.4. The van der Waals surface area contributed by atoms with Crippen molar-refractivity contribution >= 4 is 46.1 Å². The number of anilines is 1. The molecule has 0 aliphatic heterocycles. The van der Waals surface area contributed by atoms with Gasteiger partial charge >= 0.3 is 0 Å². The number of nitrogens with zero attached hydrogens (tertiary/aromatic N) is 1. The number of hydrogen-bond acceptors (Lipinski definition) is 3. The van der Waals surface area contributed by atoms with E-state index in [1.165, 1.54) is 11.3 Å². The van der Waals surface area contributed by atoms with Gasteiger partial charge in [0, 0.05) is 5.69 Å². The first-order chi connectivity index (χ1) is 11.4. The van der Waals surface area contributed by atoms with Gasteiger partial charge in [0.15, 0.2) is 0 Å². The van der Waals surface area contributed by atoms with E-state index in [0.717, 1.165) is 21.8 Å². The van der Waals surface area contributed by atoms with E-state index in [-0.39, 0.29) is 5.91 Å². The molecule has 3 aromatic rings. The van der Waals surface area contributed by atoms with Crippen LogP contribution in [0.4, 0.5) is 5.69 Å². The summed E-state index contributed by atoms with van der Waals surface area (Å²) < 4.78 is 0. The second kappa shape index (κ2) is 6.93. The molecule has 0 aliphatic rings. The molecule has 0 saturated heterocycles. The lowest BCUT2D eigenvalue weighted by molar-refractivity contribution is 0.103. The molecule has 0 fully saturated rings. The van der Waals surface area contributed by atoms with E-state index in [9.17, 15) is 4.79 Å². The van der Waals surface area contributed by atoms with Crippen molar-refractivity contribution < 1.29 is 4.79 Å². The molecule has 1 N–H and O–H groups in total. The minimum atomic E-state index is -0.149. The minimum Gasteiger partial charge on any atom is -0.321 e. The third-order valence-electron chi connectivity index (χ3n) is 3.48. The first-order valence-electron chi connectivity index (χ1n) is 7.25. The highest BCUT2D eigenvalue weighted by molar-refractivity contribution is 7.13. The number of benzene rings is 2. The molecule has 122 valence electrons. The number of carbonyl (C=O) groups is 1. The third kappa shape index (κ3) is 3.61. The summed E-state index contributed by atoms with van der Waals surface area (Å²) >= 11 is 13.4. The van der Waals surface area contributed by atoms with Gasteiger partial charge in [0.25, 0.3) is 5.91 Å². The summed E-state index contributed by atoms with van der Waals surface area (Å²) in [6.45, 7) is 3.73. The topological polar surface area (TPSA) is 42.0 Å². The van der Waals surface area contributed by atoms with Crippen LogP contribution in [-0.4, -0.2) is 10.9 Å². The Balaban J connectivity index is 1.86. The molecule has 1 heterocycles. The van der Waals surface area contributed by atoms with Gasteiger partial charge in [-0.25, -0.2) is 4.98 Å². The molecular weight excluding hydrogens is 363 g/mol. The largest absolute Gasteiger partial charge is 0.321 e. The lowest BCUT2D eigenvalue weighted by Crippen LogP contribution is -2.11. The zero-order valence-corrected chi connectivity index (χ0v) is 15.4. The van der Waals surface area contributed by atoms with Crippen molar-refractivity contribution in [3.05, 3.63) is 68.1 Å². The quantitative estimate of drug-likeness (QED) is 0.610. The Morgan fingerprint density at radius 1 is 1.04 bits per heavy atom. The van der Waals surface area contributed by atoms with Gasteiger partial charge < -0.3 is 5.32 Å². The van der Waals surface area contributed by atoms with E-state index in [0.29, 0.717) is 20.6 Å². The Kier molecular flexibility index (Phi) is 4.90. The number of halogens is 2. The average molecular weight is 377 g/mol. The normalized spacial score (nSPS) is 10.7. The zero-order valence-electron chi connectivity index (χ0n) is 13.1. The van der Waals surface area contributed by atoms with Crippen LogP contribution >= 0.6 is 34.5 Å². The highest BCUT2D eigenvalue weighted by atomic mass is 35.5. The van der Waals surface area contributed by atoms with Crippen LogP contribution in [0.3, 0.4) is 0 Å². The smallest absolute Gasteiger partial charge is 0.267 e. The van der Waals surface area contributed by atoms with Crippen LogP contribution in [0.1, 0.15) is 20.4 Å². The SMILES string of the molecule is Cc1nc(C)c(C(=O)Nc2cccc(-c3ccc(Cl)c(Cl)c3)c2)s1. The molecule has 1 aromatic heterocycles. The van der Waals surface area contributed by atoms with Gasteiger partial charge in [-0.05, 0) is 49.2 Å². The van der Waals surface area contributed by atoms with Crippen LogP contribution < -0.4 is 5.32 Å². The lowest BCUT2D eigenvalue weighted by atomic mass is 10.1. The Bertz CT molecular complexity index is 921. The fourth-order valence-corrected chi connectivity index (χ4v) is 3.50. The van der Waals surface area contributed by atoms with E-state index < -0.39 is 0 Å². The minimum absolute atomic E-state index is 0.149. The number of hydrogen-bond donors (Lipinski definition) is 1. The highest BCUT2D eigenvalue weighted by Crippen LogP contribution is 2.30. The van der Waals surface area contributed by atoms with Crippen molar-refractivity contribution in [3.8, 4) is 11.1 Å². The Hall–Kier alpha value is -1.88. The number of carbonyl (C=O) groups excluding carboxylic acids is 1. The summed E-state index contributed by atoms with van der Waals surface area (Å²) in [5, 5.41) is 4.81. The summed E-state index contributed by atoms with van der Waals surface area (Å²) in [6.07, 6.45) is 0. The number of rotatable bonds is 3. The van der Waals surface area contributed by atoms with Crippen molar-refractivity contribution in [2.24, 2.45) is 0 Å². The highest BCUT2D eigenvalue weighted by Gasteiger charge is 2.14. The molecule has 3 nitrogen and oxygen atoms in total. The van der Waals surface area contributed by atoms with Gasteiger partial charge in [-0.1, -0.05) is 41.4 Å². The van der Waals surface area contributed by atoms with Gasteiger partial charge in [-0.15, -0.1) is 11.3 Å². The molecule has 24 heavy (non-hydrogen) atoms. The lowest BCUT2D eigenvalue weighted by Gasteiger charge is -2.08. The van der Waals surface area contributed by atoms with Crippen LogP contribution in [0, 0.1) is 13.8 Å². The zero-order chi connectivity index (χ0) is 17.3. The molecule has 6 heteroatoms. The molecule has 1 amide bonds. The summed E-state index contributed by atoms with van der Waals surface area (Å²) in [6, 6.07) is 13.1. The first kappa shape index (κ1) is 17.0. The van der Waals surface area contributed by atoms with Gasteiger partial charge in [-0.3, -0.25) is 4.79 Å². The first-order valence-corrected chi connectivity index (χ1v) is 8.82. The molecule has 3 rings (SSSR count). The van der Waals surface area contributed by atoms with Crippen LogP contribution in [0.25, 0.3) is 11.1 Å². The summed E-state index contributed by atoms with van der Waals surface area (Å²) in [5.41, 5.74) is 3.35. The van der Waals surface area contributed by atoms with Crippen LogP contribution in [0.2, 0.25) is 10.0 Å². The van der Waals surface area contributed by atoms with E-state index in [4.69, 9.17) is 23.2 Å². The summed E-state index contributed by atoms with van der Waals surface area (Å²) in [5.74, 6) is -0.149. The predicted octanol–water partition coefficient (Wildman–Crippen LogP) is 5.99. The maximum Gasteiger partial charge on any atom is 0.267 e. The monoisotopic (exact) mass is 376 g/mol. The Morgan fingerprint density at radius 2 is 1.79 bits per heavy atom. The van der Waals surface area contributed by atoms with Crippen molar-refractivity contribution in [2.45, 2.75) is 13.8 Å². The molecule has 0 saturated carbocycles. The summed E-state index contributed by atoms with van der Waals surface area (Å²) in [4.78, 5) is 17.3.